The van der Waals surface area contributed by atoms with Crippen LogP contribution in [0.5, 0.6) is 0 Å². The average molecular weight is 236 g/mol. The number of nitrogens with zero attached hydrogens (tertiary/aromatic N) is 1. The third-order valence-electron chi connectivity index (χ3n) is 3.86. The van der Waals surface area contributed by atoms with Crippen molar-refractivity contribution in [2.24, 2.45) is 11.7 Å². The molecule has 0 aromatic carbocycles. The molecule has 5 heteroatoms. The molecule has 2 N–H and O–H groups in total. The van der Waals surface area contributed by atoms with E-state index in [1.54, 1.807) is 4.90 Å². The van der Waals surface area contributed by atoms with Gasteiger partial charge in [0.15, 0.2) is 0 Å². The maximum absolute atomic E-state index is 12.6. The van der Waals surface area contributed by atoms with Gasteiger partial charge in [-0.05, 0) is 38.5 Å². The highest BCUT2D eigenvalue weighted by molar-refractivity contribution is 5.05. The zero-order chi connectivity index (χ0) is 12.0. The molecule has 2 aliphatic rings. The molecule has 0 amide bonds. The Balaban J connectivity index is 2.10. The summed E-state index contributed by atoms with van der Waals surface area (Å²) in [6.07, 6.45) is -0.297. The van der Waals surface area contributed by atoms with Crippen LogP contribution >= 0.6 is 0 Å². The van der Waals surface area contributed by atoms with Crippen LogP contribution in [0.25, 0.3) is 0 Å². The first-order chi connectivity index (χ1) is 7.37. The monoisotopic (exact) mass is 236 g/mol. The summed E-state index contributed by atoms with van der Waals surface area (Å²) in [4.78, 5) is 1.62. The number of hydrogen-bond acceptors (Lipinski definition) is 2. The number of halogens is 3. The van der Waals surface area contributed by atoms with Gasteiger partial charge in [-0.2, -0.15) is 13.2 Å². The van der Waals surface area contributed by atoms with Crippen LogP contribution in [0, 0.1) is 5.92 Å². The first kappa shape index (κ1) is 12.2. The minimum Gasteiger partial charge on any atom is -0.329 e. The first-order valence-corrected chi connectivity index (χ1v) is 5.90. The van der Waals surface area contributed by atoms with E-state index in [-0.39, 0.29) is 6.04 Å². The predicted molar refractivity (Wildman–Crippen MR) is 56.0 cm³/mol. The van der Waals surface area contributed by atoms with Crippen molar-refractivity contribution in [2.45, 2.75) is 50.4 Å². The van der Waals surface area contributed by atoms with Gasteiger partial charge in [0.1, 0.15) is 0 Å². The van der Waals surface area contributed by atoms with Crippen molar-refractivity contribution < 1.29 is 13.2 Å². The van der Waals surface area contributed by atoms with Crippen LogP contribution in [0.4, 0.5) is 13.2 Å². The van der Waals surface area contributed by atoms with Crippen molar-refractivity contribution in [1.29, 1.82) is 0 Å². The highest BCUT2D eigenvalue weighted by Gasteiger charge is 2.52. The number of hydrogen-bond donors (Lipinski definition) is 1. The molecular formula is C11H19F3N2. The third kappa shape index (κ3) is 2.51. The van der Waals surface area contributed by atoms with Gasteiger partial charge in [0.25, 0.3) is 0 Å². The molecule has 2 fully saturated rings. The second-order valence-electron chi connectivity index (χ2n) is 5.31. The summed E-state index contributed by atoms with van der Waals surface area (Å²) in [5.74, 6) is 0.362. The predicted octanol–water partition coefficient (Wildman–Crippen LogP) is 2.14. The van der Waals surface area contributed by atoms with E-state index in [9.17, 15) is 13.2 Å². The van der Waals surface area contributed by atoms with Crippen LogP contribution in [0.1, 0.15) is 32.6 Å². The lowest BCUT2D eigenvalue weighted by molar-refractivity contribution is -0.161. The van der Waals surface area contributed by atoms with Crippen molar-refractivity contribution in [3.63, 3.8) is 0 Å². The third-order valence-corrected chi connectivity index (χ3v) is 3.86. The zero-order valence-corrected chi connectivity index (χ0v) is 9.56. The minimum absolute atomic E-state index is 0.107. The van der Waals surface area contributed by atoms with Crippen LogP contribution < -0.4 is 5.73 Å². The van der Waals surface area contributed by atoms with Gasteiger partial charge < -0.3 is 5.73 Å². The summed E-state index contributed by atoms with van der Waals surface area (Å²) in [6, 6.07) is 0.107. The first-order valence-electron chi connectivity index (χ1n) is 5.90. The molecule has 0 spiro atoms. The van der Waals surface area contributed by atoms with E-state index < -0.39 is 18.3 Å². The van der Waals surface area contributed by atoms with Crippen LogP contribution in [-0.4, -0.2) is 35.7 Å². The molecule has 1 atom stereocenters. The van der Waals surface area contributed by atoms with E-state index in [1.807, 2.05) is 6.92 Å². The summed E-state index contributed by atoms with van der Waals surface area (Å²) in [7, 11) is 0. The maximum atomic E-state index is 12.6. The lowest BCUT2D eigenvalue weighted by Crippen LogP contribution is -2.57. The molecule has 2 nitrogen and oxygen atoms in total. The Hall–Kier alpha value is -0.290. The fourth-order valence-electron chi connectivity index (χ4n) is 2.53. The maximum Gasteiger partial charge on any atom is 0.401 e. The average Bonchev–Trinajstić information content (AvgIpc) is 3.03. The lowest BCUT2D eigenvalue weighted by Gasteiger charge is -2.41. The molecule has 1 unspecified atom stereocenters. The summed E-state index contributed by atoms with van der Waals surface area (Å²) < 4.78 is 37.7. The number of rotatable bonds is 5. The van der Waals surface area contributed by atoms with Crippen LogP contribution in [0.3, 0.4) is 0 Å². The van der Waals surface area contributed by atoms with Crippen molar-refractivity contribution in [1.82, 2.24) is 4.90 Å². The topological polar surface area (TPSA) is 29.3 Å². The Kier molecular flexibility index (Phi) is 2.95. The molecule has 0 heterocycles. The molecule has 0 radical (unpaired) electrons. The van der Waals surface area contributed by atoms with E-state index in [0.717, 1.165) is 25.7 Å². The molecule has 0 aliphatic heterocycles. The summed E-state index contributed by atoms with van der Waals surface area (Å²) in [5.41, 5.74) is 5.28. The smallest absolute Gasteiger partial charge is 0.329 e. The van der Waals surface area contributed by atoms with Crippen LogP contribution in [0.2, 0.25) is 0 Å². The fourth-order valence-corrected chi connectivity index (χ4v) is 2.53. The number of nitrogens with two attached hydrogens (primary N) is 1. The molecule has 0 bridgehead atoms. The van der Waals surface area contributed by atoms with E-state index >= 15 is 0 Å². The molecular weight excluding hydrogens is 217 g/mol. The van der Waals surface area contributed by atoms with Gasteiger partial charge in [-0.15, -0.1) is 0 Å². The lowest BCUT2D eigenvalue weighted by atomic mass is 9.93. The SMILES string of the molecule is CC(CN)(C1CC1)N(CC(F)(F)F)C1CC1. The van der Waals surface area contributed by atoms with Gasteiger partial charge in [-0.1, -0.05) is 0 Å². The van der Waals surface area contributed by atoms with E-state index in [0.29, 0.717) is 12.5 Å². The van der Waals surface area contributed by atoms with Gasteiger partial charge in [0.2, 0.25) is 0 Å². The van der Waals surface area contributed by atoms with E-state index in [1.165, 1.54) is 0 Å². The molecule has 0 aromatic heterocycles. The second-order valence-corrected chi connectivity index (χ2v) is 5.31. The van der Waals surface area contributed by atoms with E-state index in [4.69, 9.17) is 5.73 Å². The fraction of sp³-hybridized carbons (Fsp3) is 1.00. The minimum atomic E-state index is -4.12. The molecule has 16 heavy (non-hydrogen) atoms. The van der Waals surface area contributed by atoms with Crippen LogP contribution in [-0.2, 0) is 0 Å². The molecule has 2 aliphatic carbocycles. The Morgan fingerprint density at radius 1 is 1.19 bits per heavy atom. The highest BCUT2D eigenvalue weighted by Crippen LogP contribution is 2.47. The normalized spacial score (nSPS) is 25.9. The van der Waals surface area contributed by atoms with E-state index in [2.05, 4.69) is 0 Å². The number of alkyl halides is 3. The summed E-state index contributed by atoms with van der Waals surface area (Å²) in [5, 5.41) is 0. The van der Waals surface area contributed by atoms with Gasteiger partial charge in [0, 0.05) is 18.1 Å². The Bertz CT molecular complexity index is 258. The van der Waals surface area contributed by atoms with Gasteiger partial charge in [-0.3, -0.25) is 4.90 Å². The Labute approximate surface area is 94.0 Å². The largest absolute Gasteiger partial charge is 0.401 e. The Morgan fingerprint density at radius 2 is 1.75 bits per heavy atom. The second kappa shape index (κ2) is 3.88. The van der Waals surface area contributed by atoms with Crippen molar-refractivity contribution in [2.75, 3.05) is 13.1 Å². The quantitative estimate of drug-likeness (QED) is 0.792. The highest BCUT2D eigenvalue weighted by atomic mass is 19.4. The molecule has 2 saturated carbocycles. The summed E-state index contributed by atoms with van der Waals surface area (Å²) >= 11 is 0. The summed E-state index contributed by atoms with van der Waals surface area (Å²) in [6.45, 7) is 1.42. The van der Waals surface area contributed by atoms with Crippen molar-refractivity contribution >= 4 is 0 Å². The van der Waals surface area contributed by atoms with Gasteiger partial charge >= 0.3 is 6.18 Å². The zero-order valence-electron chi connectivity index (χ0n) is 9.56. The molecule has 0 aromatic rings. The standard InChI is InChI=1S/C11H19F3N2/c1-10(6-15,8-2-3-8)16(9-4-5-9)7-11(12,13)14/h8-9H,2-7,15H2,1H3. The molecule has 94 valence electrons. The van der Waals surface area contributed by atoms with Crippen molar-refractivity contribution in [3.05, 3.63) is 0 Å². The van der Waals surface area contributed by atoms with Gasteiger partial charge in [0.05, 0.1) is 6.54 Å². The van der Waals surface area contributed by atoms with Gasteiger partial charge in [-0.25, -0.2) is 0 Å². The molecule has 0 saturated heterocycles. The van der Waals surface area contributed by atoms with Crippen molar-refractivity contribution in [3.8, 4) is 0 Å². The molecule has 2 rings (SSSR count). The Morgan fingerprint density at radius 3 is 2.06 bits per heavy atom. The van der Waals surface area contributed by atoms with Crippen LogP contribution in [0.15, 0.2) is 0 Å².